The van der Waals surface area contributed by atoms with Gasteiger partial charge in [-0.15, -0.1) is 0 Å². The van der Waals surface area contributed by atoms with E-state index in [4.69, 9.17) is 38.4 Å². The Labute approximate surface area is 242 Å². The molecule has 5 N–H and O–H groups in total. The highest BCUT2D eigenvalue weighted by atomic mass is 35.5. The molecule has 15 heteroatoms. The molecule has 1 fully saturated rings. The number of aromatic hydroxyl groups is 1. The third-order valence-corrected chi connectivity index (χ3v) is 7.20. The van der Waals surface area contributed by atoms with Gasteiger partial charge in [-0.2, -0.15) is 0 Å². The number of pyridine rings is 1. The van der Waals surface area contributed by atoms with Crippen LogP contribution in [0.15, 0.2) is 41.7 Å². The lowest BCUT2D eigenvalue weighted by Gasteiger charge is -2.36. The van der Waals surface area contributed by atoms with Gasteiger partial charge < -0.3 is 40.1 Å². The summed E-state index contributed by atoms with van der Waals surface area (Å²) in [5.74, 6) is -1.23. The van der Waals surface area contributed by atoms with Gasteiger partial charge in [0.15, 0.2) is 0 Å². The minimum Gasteiger partial charge on any atom is -0.506 e. The summed E-state index contributed by atoms with van der Waals surface area (Å²) in [6.07, 6.45) is 4.20. The first-order valence-electron chi connectivity index (χ1n) is 12.4. The average molecular weight is 602 g/mol. The Morgan fingerprint density at radius 3 is 2.83 bits per heavy atom. The SMILES string of the molecule is COC[C@H]1COCCN1c1cc(NC(=O)Cn2cc(-c3cc(Cl)c(O)c(C(N)=O)c3)c3c(=O)[nH]cnc32)c(Cl)cn1. The predicted molar refractivity (Wildman–Crippen MR) is 153 cm³/mol. The van der Waals surface area contributed by atoms with E-state index in [-0.39, 0.29) is 39.2 Å². The molecule has 13 nitrogen and oxygen atoms in total. The van der Waals surface area contributed by atoms with Crippen molar-refractivity contribution in [3.8, 4) is 16.9 Å². The van der Waals surface area contributed by atoms with Crippen molar-refractivity contribution in [1.29, 1.82) is 0 Å². The van der Waals surface area contributed by atoms with Gasteiger partial charge in [0.05, 0.1) is 65.1 Å². The number of nitrogens with two attached hydrogens (primary N) is 1. The second-order valence-corrected chi connectivity index (χ2v) is 10.1. The summed E-state index contributed by atoms with van der Waals surface area (Å²) in [6.45, 7) is 1.79. The van der Waals surface area contributed by atoms with Crippen LogP contribution in [0.1, 0.15) is 10.4 Å². The maximum atomic E-state index is 13.2. The smallest absolute Gasteiger partial charge is 0.260 e. The van der Waals surface area contributed by atoms with Gasteiger partial charge in [0, 0.05) is 31.5 Å². The topological polar surface area (TPSA) is 178 Å². The van der Waals surface area contributed by atoms with Gasteiger partial charge in [0.2, 0.25) is 5.91 Å². The van der Waals surface area contributed by atoms with Crippen LogP contribution in [0.3, 0.4) is 0 Å². The third-order valence-electron chi connectivity index (χ3n) is 6.61. The van der Waals surface area contributed by atoms with E-state index < -0.39 is 23.1 Å². The number of carbonyl (C=O) groups excluding carboxylic acids is 2. The molecule has 4 heterocycles. The number of ether oxygens (including phenoxy) is 2. The summed E-state index contributed by atoms with van der Waals surface area (Å²) in [5.41, 5.74) is 5.89. The van der Waals surface area contributed by atoms with Crippen molar-refractivity contribution in [1.82, 2.24) is 19.5 Å². The molecule has 5 rings (SSSR count). The maximum Gasteiger partial charge on any atom is 0.260 e. The zero-order chi connectivity index (χ0) is 29.3. The van der Waals surface area contributed by atoms with Crippen LogP contribution in [0.5, 0.6) is 5.75 Å². The highest BCUT2D eigenvalue weighted by Crippen LogP contribution is 2.36. The molecular weight excluding hydrogens is 577 g/mol. The molecule has 1 atom stereocenters. The number of primary amides is 1. The molecule has 0 radical (unpaired) electrons. The van der Waals surface area contributed by atoms with Crippen molar-refractivity contribution >= 4 is 57.6 Å². The Balaban J connectivity index is 1.46. The van der Waals surface area contributed by atoms with Crippen LogP contribution in [0.4, 0.5) is 11.5 Å². The number of phenols is 1. The van der Waals surface area contributed by atoms with Gasteiger partial charge in [-0.1, -0.05) is 23.2 Å². The van der Waals surface area contributed by atoms with E-state index >= 15 is 0 Å². The number of halogens is 2. The molecule has 1 saturated heterocycles. The molecule has 214 valence electrons. The normalized spacial score (nSPS) is 15.3. The Kier molecular flexibility index (Phi) is 8.13. The number of nitrogens with zero attached hydrogens (tertiary/aromatic N) is 4. The Bertz CT molecular complexity index is 1700. The minimum absolute atomic E-state index is 0.0525. The van der Waals surface area contributed by atoms with Crippen molar-refractivity contribution in [2.45, 2.75) is 12.6 Å². The quantitative estimate of drug-likeness (QED) is 0.236. The zero-order valence-corrected chi connectivity index (χ0v) is 23.2. The predicted octanol–water partition coefficient (Wildman–Crippen LogP) is 2.39. The summed E-state index contributed by atoms with van der Waals surface area (Å²) < 4.78 is 12.3. The molecule has 3 aromatic heterocycles. The number of nitrogens with one attached hydrogen (secondary N) is 2. The van der Waals surface area contributed by atoms with Crippen molar-refractivity contribution in [2.75, 3.05) is 43.7 Å². The lowest BCUT2D eigenvalue weighted by atomic mass is 10.0. The van der Waals surface area contributed by atoms with E-state index in [1.165, 1.54) is 35.4 Å². The standard InChI is InChI=1S/C26H25Cl2N7O6/c1-40-10-14-11-41-3-2-35(14)20-6-19(18(28)7-30-20)33-21(36)9-34-8-16(22-25(34)31-12-32-26(22)39)13-4-15(24(29)38)23(37)17(27)5-13/h4-8,12,14,37H,2-3,9-11H2,1H3,(H2,29,38)(H,30,33,36)(H,31,32,39)/t14-/m0/s1. The van der Waals surface area contributed by atoms with Crippen LogP contribution in [0.2, 0.25) is 10.0 Å². The number of rotatable bonds is 8. The van der Waals surface area contributed by atoms with Crippen LogP contribution in [-0.4, -0.2) is 76.0 Å². The van der Waals surface area contributed by atoms with Crippen LogP contribution in [0, 0.1) is 0 Å². The van der Waals surface area contributed by atoms with Gasteiger partial charge in [-0.25, -0.2) is 9.97 Å². The summed E-state index contributed by atoms with van der Waals surface area (Å²) >= 11 is 12.5. The van der Waals surface area contributed by atoms with Gasteiger partial charge >= 0.3 is 0 Å². The van der Waals surface area contributed by atoms with Gasteiger partial charge in [0.1, 0.15) is 23.8 Å². The average Bonchev–Trinajstić information content (AvgIpc) is 3.31. The van der Waals surface area contributed by atoms with E-state index in [1.54, 1.807) is 13.2 Å². The molecule has 41 heavy (non-hydrogen) atoms. The molecule has 4 aromatic rings. The fourth-order valence-corrected chi connectivity index (χ4v) is 5.10. The Morgan fingerprint density at radius 1 is 1.27 bits per heavy atom. The number of hydrogen-bond donors (Lipinski definition) is 4. The first-order valence-corrected chi connectivity index (χ1v) is 13.1. The molecule has 1 aromatic carbocycles. The molecule has 0 bridgehead atoms. The van der Waals surface area contributed by atoms with Crippen LogP contribution in [-0.2, 0) is 20.8 Å². The third kappa shape index (κ3) is 5.70. The number of benzene rings is 1. The number of aromatic nitrogens is 4. The fraction of sp³-hybridized carbons (Fsp3) is 0.269. The number of hydrogen-bond acceptors (Lipinski definition) is 9. The van der Waals surface area contributed by atoms with Gasteiger partial charge in [-0.3, -0.25) is 14.4 Å². The van der Waals surface area contributed by atoms with Gasteiger partial charge in [0.25, 0.3) is 11.5 Å². The molecule has 0 spiro atoms. The number of carbonyl (C=O) groups is 2. The first kappa shape index (κ1) is 28.4. The number of amides is 2. The van der Waals surface area contributed by atoms with Crippen LogP contribution in [0.25, 0.3) is 22.2 Å². The zero-order valence-electron chi connectivity index (χ0n) is 21.7. The molecule has 2 amide bonds. The second kappa shape index (κ2) is 11.7. The Hall–Kier alpha value is -4.17. The van der Waals surface area contributed by atoms with Crippen molar-refractivity contribution in [3.05, 3.63) is 62.9 Å². The van der Waals surface area contributed by atoms with E-state index in [2.05, 4.69) is 20.3 Å². The first-order chi connectivity index (χ1) is 19.7. The second-order valence-electron chi connectivity index (χ2n) is 9.27. The number of aromatic amines is 1. The van der Waals surface area contributed by atoms with E-state index in [9.17, 15) is 19.5 Å². The lowest BCUT2D eigenvalue weighted by molar-refractivity contribution is -0.116. The van der Waals surface area contributed by atoms with E-state index in [0.29, 0.717) is 49.0 Å². The number of H-pyrrole nitrogens is 1. The number of anilines is 2. The summed E-state index contributed by atoms with van der Waals surface area (Å²) in [6, 6.07) is 4.33. The molecule has 0 aliphatic carbocycles. The molecule has 0 saturated carbocycles. The lowest BCUT2D eigenvalue weighted by Crippen LogP contribution is -2.48. The molecule has 1 aliphatic heterocycles. The molecular formula is C26H25Cl2N7O6. The monoisotopic (exact) mass is 601 g/mol. The summed E-state index contributed by atoms with van der Waals surface area (Å²) in [7, 11) is 1.61. The highest BCUT2D eigenvalue weighted by Gasteiger charge is 2.25. The Morgan fingerprint density at radius 2 is 2.07 bits per heavy atom. The largest absolute Gasteiger partial charge is 0.506 e. The van der Waals surface area contributed by atoms with E-state index in [0.717, 1.165) is 0 Å². The van der Waals surface area contributed by atoms with Crippen molar-refractivity contribution < 1.29 is 24.2 Å². The number of morpholine rings is 1. The number of fused-ring (bicyclic) bond motifs is 1. The van der Waals surface area contributed by atoms with Crippen molar-refractivity contribution in [3.63, 3.8) is 0 Å². The van der Waals surface area contributed by atoms with Gasteiger partial charge in [-0.05, 0) is 17.7 Å². The van der Waals surface area contributed by atoms with E-state index in [1.807, 2.05) is 4.90 Å². The minimum atomic E-state index is -0.902. The van der Waals surface area contributed by atoms with Crippen molar-refractivity contribution in [2.24, 2.45) is 5.73 Å². The van der Waals surface area contributed by atoms with Crippen LogP contribution >= 0.6 is 23.2 Å². The highest BCUT2D eigenvalue weighted by molar-refractivity contribution is 6.34. The summed E-state index contributed by atoms with van der Waals surface area (Å²) in [5, 5.41) is 13.2. The fourth-order valence-electron chi connectivity index (χ4n) is 4.73. The summed E-state index contributed by atoms with van der Waals surface area (Å²) in [4.78, 5) is 51.1. The molecule has 1 aliphatic rings. The van der Waals surface area contributed by atoms with Crippen LogP contribution < -0.4 is 21.5 Å². The molecule has 0 unspecified atom stereocenters. The number of methoxy groups -OCH3 is 1. The maximum absolute atomic E-state index is 13.2.